The SMILES string of the molecule is CCOC(=O)c1cn(C2CCCCC2)c2c(F)c(C#Cc3cc(Cc4cnc(N)nc4N)cc(OC)c3OC)c(F)cc2c1=O. The molecule has 4 N–H and O–H groups in total. The number of anilines is 2. The molecule has 0 spiro atoms. The summed E-state index contributed by atoms with van der Waals surface area (Å²) >= 11 is 0. The van der Waals surface area contributed by atoms with Gasteiger partial charge in [0.25, 0.3) is 0 Å². The summed E-state index contributed by atoms with van der Waals surface area (Å²) in [5.41, 5.74) is 11.5. The minimum Gasteiger partial charge on any atom is -0.493 e. The summed E-state index contributed by atoms with van der Waals surface area (Å²) in [5.74, 6) is 3.42. The van der Waals surface area contributed by atoms with Gasteiger partial charge in [0.05, 0.1) is 42.9 Å². The molecule has 45 heavy (non-hydrogen) atoms. The molecular weight excluding hydrogens is 584 g/mol. The average molecular weight is 618 g/mol. The van der Waals surface area contributed by atoms with Crippen LogP contribution < -0.4 is 26.4 Å². The van der Waals surface area contributed by atoms with Crippen molar-refractivity contribution in [1.29, 1.82) is 0 Å². The number of benzene rings is 2. The van der Waals surface area contributed by atoms with Gasteiger partial charge in [-0.25, -0.2) is 18.6 Å². The Kier molecular flexibility index (Phi) is 9.18. The van der Waals surface area contributed by atoms with Crippen LogP contribution in [0, 0.1) is 23.5 Å². The molecule has 2 heterocycles. The first-order chi connectivity index (χ1) is 21.7. The Labute approximate surface area is 258 Å². The number of halogens is 2. The highest BCUT2D eigenvalue weighted by atomic mass is 19.1. The largest absolute Gasteiger partial charge is 0.493 e. The normalized spacial score (nSPS) is 13.3. The second kappa shape index (κ2) is 13.2. The second-order valence-corrected chi connectivity index (χ2v) is 10.7. The van der Waals surface area contributed by atoms with Crippen molar-refractivity contribution < 1.29 is 27.8 Å². The van der Waals surface area contributed by atoms with Crippen molar-refractivity contribution in [2.75, 3.05) is 32.3 Å². The Morgan fingerprint density at radius 2 is 1.84 bits per heavy atom. The molecule has 1 saturated carbocycles. The molecule has 1 fully saturated rings. The summed E-state index contributed by atoms with van der Waals surface area (Å²) in [6, 6.07) is 4.15. The van der Waals surface area contributed by atoms with Gasteiger partial charge in [0, 0.05) is 30.4 Å². The Morgan fingerprint density at radius 3 is 2.51 bits per heavy atom. The van der Waals surface area contributed by atoms with E-state index in [4.69, 9.17) is 25.7 Å². The van der Waals surface area contributed by atoms with Crippen molar-refractivity contribution >= 4 is 28.6 Å². The fourth-order valence-corrected chi connectivity index (χ4v) is 5.69. The van der Waals surface area contributed by atoms with Gasteiger partial charge in [-0.2, -0.15) is 4.98 Å². The number of rotatable bonds is 7. The number of nitrogens with zero attached hydrogens (tertiary/aromatic N) is 3. The molecule has 1 aliphatic rings. The number of aromatic nitrogens is 3. The zero-order valence-corrected chi connectivity index (χ0v) is 25.2. The van der Waals surface area contributed by atoms with E-state index in [-0.39, 0.29) is 53.1 Å². The maximum Gasteiger partial charge on any atom is 0.343 e. The summed E-state index contributed by atoms with van der Waals surface area (Å²) < 4.78 is 49.6. The molecule has 0 amide bonds. The molecule has 0 saturated heterocycles. The summed E-state index contributed by atoms with van der Waals surface area (Å²) in [4.78, 5) is 33.9. The molecule has 10 nitrogen and oxygen atoms in total. The molecule has 2 aromatic heterocycles. The van der Waals surface area contributed by atoms with Crippen LogP contribution in [0.4, 0.5) is 20.5 Å². The van der Waals surface area contributed by atoms with E-state index >= 15 is 8.78 Å². The third-order valence-corrected chi connectivity index (χ3v) is 7.84. The molecule has 234 valence electrons. The zero-order valence-electron chi connectivity index (χ0n) is 25.2. The molecule has 4 aromatic rings. The van der Waals surface area contributed by atoms with Crippen LogP contribution in [0.25, 0.3) is 10.9 Å². The highest BCUT2D eigenvalue weighted by Gasteiger charge is 2.26. The van der Waals surface area contributed by atoms with Crippen molar-refractivity contribution in [2.24, 2.45) is 0 Å². The van der Waals surface area contributed by atoms with Crippen molar-refractivity contribution in [1.82, 2.24) is 14.5 Å². The predicted molar refractivity (Wildman–Crippen MR) is 165 cm³/mol. The highest BCUT2D eigenvalue weighted by Crippen LogP contribution is 2.35. The number of carbonyl (C=O) groups is 1. The molecule has 0 unspecified atom stereocenters. The van der Waals surface area contributed by atoms with E-state index < -0.39 is 28.6 Å². The number of methoxy groups -OCH3 is 2. The number of pyridine rings is 1. The third-order valence-electron chi connectivity index (χ3n) is 7.84. The molecular formula is C33H33F2N5O5. The summed E-state index contributed by atoms with van der Waals surface area (Å²) in [6.45, 7) is 1.67. The molecule has 1 aliphatic carbocycles. The number of fused-ring (bicyclic) bond motifs is 1. The van der Waals surface area contributed by atoms with Crippen LogP contribution in [0.15, 0.2) is 35.4 Å². The Hall–Kier alpha value is -5.18. The van der Waals surface area contributed by atoms with Crippen LogP contribution >= 0.6 is 0 Å². The van der Waals surface area contributed by atoms with Crippen molar-refractivity contribution in [3.63, 3.8) is 0 Å². The molecule has 12 heteroatoms. The Balaban J connectivity index is 1.67. The first-order valence-electron chi connectivity index (χ1n) is 14.5. The number of hydrogen-bond acceptors (Lipinski definition) is 9. The lowest BCUT2D eigenvalue weighted by molar-refractivity contribution is 0.0524. The molecule has 0 atom stereocenters. The Morgan fingerprint density at radius 1 is 1.09 bits per heavy atom. The first kappa shape index (κ1) is 31.3. The Bertz CT molecular complexity index is 1910. The van der Waals surface area contributed by atoms with E-state index in [0.717, 1.165) is 25.3 Å². The smallest absolute Gasteiger partial charge is 0.343 e. The fourth-order valence-electron chi connectivity index (χ4n) is 5.69. The predicted octanol–water partition coefficient (Wildman–Crippen LogP) is 4.92. The van der Waals surface area contributed by atoms with Gasteiger partial charge in [-0.1, -0.05) is 31.1 Å². The standard InChI is InChI=1S/C33H33F2N5O5/c1-4-45-32(42)24-17-40(21-8-6-5-7-9-21)28-23(29(24)41)15-25(34)22(27(28)35)11-10-19-12-18(14-26(43-2)30(19)44-3)13-20-16-38-33(37)39-31(20)36/h12,14-17,21H,4-9,13H2,1-3H3,(H4,36,37,38,39). The number of carbonyl (C=O) groups excluding carboxylic acids is 1. The van der Waals surface area contributed by atoms with E-state index in [2.05, 4.69) is 21.8 Å². The van der Waals surface area contributed by atoms with Crippen LogP contribution in [0.3, 0.4) is 0 Å². The van der Waals surface area contributed by atoms with Crippen molar-refractivity contribution in [2.45, 2.75) is 51.5 Å². The maximum absolute atomic E-state index is 16.4. The fraction of sp³-hybridized carbons (Fsp3) is 0.333. The van der Waals surface area contributed by atoms with E-state index in [1.807, 2.05) is 0 Å². The van der Waals surface area contributed by atoms with Crippen molar-refractivity contribution in [3.8, 4) is 23.3 Å². The number of hydrogen-bond donors (Lipinski definition) is 2. The molecule has 2 aromatic carbocycles. The van der Waals surface area contributed by atoms with Gasteiger partial charge in [-0.15, -0.1) is 0 Å². The third kappa shape index (κ3) is 6.24. The minimum absolute atomic E-state index is 0.0422. The molecule has 0 radical (unpaired) electrons. The summed E-state index contributed by atoms with van der Waals surface area (Å²) in [7, 11) is 2.88. The van der Waals surface area contributed by atoms with Crippen molar-refractivity contribution in [3.05, 3.63) is 80.3 Å². The van der Waals surface area contributed by atoms with Gasteiger partial charge in [-0.3, -0.25) is 4.79 Å². The topological polar surface area (TPSA) is 145 Å². The highest BCUT2D eigenvalue weighted by molar-refractivity contribution is 5.94. The molecule has 0 bridgehead atoms. The lowest BCUT2D eigenvalue weighted by Gasteiger charge is -2.27. The average Bonchev–Trinajstić information content (AvgIpc) is 3.03. The van der Waals surface area contributed by atoms with Crippen LogP contribution in [0.1, 0.15) is 77.7 Å². The van der Waals surface area contributed by atoms with Gasteiger partial charge in [0.2, 0.25) is 11.4 Å². The van der Waals surface area contributed by atoms with Crippen LogP contribution in [0.2, 0.25) is 0 Å². The molecule has 0 aliphatic heterocycles. The second-order valence-electron chi connectivity index (χ2n) is 10.7. The van der Waals surface area contributed by atoms with Crippen LogP contribution in [0.5, 0.6) is 11.5 Å². The number of ether oxygens (including phenoxy) is 3. The van der Waals surface area contributed by atoms with Crippen LogP contribution in [-0.2, 0) is 11.2 Å². The monoisotopic (exact) mass is 617 g/mol. The number of esters is 1. The van der Waals surface area contributed by atoms with Crippen LogP contribution in [-0.4, -0.2) is 41.3 Å². The van der Waals surface area contributed by atoms with E-state index in [1.54, 1.807) is 23.6 Å². The first-order valence-corrected chi connectivity index (χ1v) is 14.5. The lowest BCUT2D eigenvalue weighted by atomic mass is 9.94. The number of nitrogens with two attached hydrogens (primary N) is 2. The molecule has 5 rings (SSSR count). The van der Waals surface area contributed by atoms with E-state index in [0.29, 0.717) is 35.3 Å². The van der Waals surface area contributed by atoms with E-state index in [1.165, 1.54) is 26.6 Å². The number of nitrogen functional groups attached to an aromatic ring is 2. The van der Waals surface area contributed by atoms with Gasteiger partial charge in [-0.05, 0) is 43.5 Å². The maximum atomic E-state index is 16.4. The van der Waals surface area contributed by atoms with E-state index in [9.17, 15) is 9.59 Å². The zero-order chi connectivity index (χ0) is 32.2. The van der Waals surface area contributed by atoms with Gasteiger partial charge in [0.1, 0.15) is 17.2 Å². The summed E-state index contributed by atoms with van der Waals surface area (Å²) in [6.07, 6.45) is 7.38. The lowest BCUT2D eigenvalue weighted by Crippen LogP contribution is -2.24. The minimum atomic E-state index is -1.05. The van der Waals surface area contributed by atoms with Gasteiger partial charge < -0.3 is 30.2 Å². The quantitative estimate of drug-likeness (QED) is 0.218. The summed E-state index contributed by atoms with van der Waals surface area (Å²) in [5, 5.41) is -0.253. The van der Waals surface area contributed by atoms with Gasteiger partial charge >= 0.3 is 5.97 Å². The van der Waals surface area contributed by atoms with Gasteiger partial charge in [0.15, 0.2) is 17.3 Å².